The van der Waals surface area contributed by atoms with Crippen LogP contribution in [0.2, 0.25) is 0 Å². The molecule has 15 heavy (non-hydrogen) atoms. The number of hydrogen-bond acceptors (Lipinski definition) is 5. The number of aromatic nitrogens is 1. The number of carboxylic acids is 1. The largest absolute Gasteiger partial charge is 0.476 e. The lowest BCUT2D eigenvalue weighted by atomic mass is 10.3. The first-order valence-electron chi connectivity index (χ1n) is 4.59. The van der Waals surface area contributed by atoms with Crippen molar-refractivity contribution in [3.8, 4) is 0 Å². The van der Waals surface area contributed by atoms with Gasteiger partial charge in [-0.15, -0.1) is 11.3 Å². The van der Waals surface area contributed by atoms with Gasteiger partial charge in [0.15, 0.2) is 10.8 Å². The van der Waals surface area contributed by atoms with Gasteiger partial charge < -0.3 is 15.3 Å². The van der Waals surface area contributed by atoms with Crippen LogP contribution in [0.5, 0.6) is 0 Å². The molecule has 1 unspecified atom stereocenters. The molecule has 0 aromatic carbocycles. The molecule has 0 aliphatic rings. The average molecular weight is 229 g/mol. The van der Waals surface area contributed by atoms with Crippen molar-refractivity contribution in [3.63, 3.8) is 0 Å². The molecule has 1 rings (SSSR count). The molecule has 0 saturated carbocycles. The predicted molar refractivity (Wildman–Crippen MR) is 60.7 cm³/mol. The zero-order valence-corrected chi connectivity index (χ0v) is 9.84. The Hall–Kier alpha value is -1.14. The predicted octanol–water partition coefficient (Wildman–Crippen LogP) is 1.20. The summed E-state index contributed by atoms with van der Waals surface area (Å²) < 4.78 is 0. The Morgan fingerprint density at radius 3 is 2.87 bits per heavy atom. The fourth-order valence-corrected chi connectivity index (χ4v) is 2.04. The zero-order valence-electron chi connectivity index (χ0n) is 9.02. The summed E-state index contributed by atoms with van der Waals surface area (Å²) in [6.45, 7) is 2.91. The highest BCUT2D eigenvalue weighted by molar-refractivity contribution is 7.13. The van der Waals surface area contributed by atoms with Crippen LogP contribution in [-0.4, -0.2) is 47.6 Å². The maximum Gasteiger partial charge on any atom is 0.355 e. The van der Waals surface area contributed by atoms with Gasteiger partial charge >= 0.3 is 5.97 Å². The van der Waals surface area contributed by atoms with Gasteiger partial charge in [-0.05, 0) is 21.0 Å². The summed E-state index contributed by atoms with van der Waals surface area (Å²) in [5.41, 5.74) is 0.0968. The SMILES string of the molecule is CC(CN(C)C)Nc1nc(C(=O)O)cs1. The average Bonchev–Trinajstić information content (AvgIpc) is 2.50. The van der Waals surface area contributed by atoms with E-state index in [2.05, 4.69) is 15.2 Å². The number of carboxylic acid groups (broad SMARTS) is 1. The summed E-state index contributed by atoms with van der Waals surface area (Å²) in [5, 5.41) is 14.0. The fourth-order valence-electron chi connectivity index (χ4n) is 1.24. The van der Waals surface area contributed by atoms with E-state index in [0.29, 0.717) is 5.13 Å². The van der Waals surface area contributed by atoms with Crippen LogP contribution in [-0.2, 0) is 0 Å². The summed E-state index contributed by atoms with van der Waals surface area (Å²) in [5.74, 6) is -0.987. The lowest BCUT2D eigenvalue weighted by Crippen LogP contribution is -2.29. The standard InChI is InChI=1S/C9H15N3O2S/c1-6(4-12(2)3)10-9-11-7(5-15-9)8(13)14/h5-6H,4H2,1-3H3,(H,10,11)(H,13,14). The van der Waals surface area contributed by atoms with Crippen molar-refractivity contribution in [2.75, 3.05) is 26.0 Å². The topological polar surface area (TPSA) is 65.5 Å². The molecule has 0 fully saturated rings. The molecule has 1 aromatic rings. The quantitative estimate of drug-likeness (QED) is 0.794. The lowest BCUT2D eigenvalue weighted by molar-refractivity contribution is 0.0691. The Kier molecular flexibility index (Phi) is 4.05. The summed E-state index contributed by atoms with van der Waals surface area (Å²) in [4.78, 5) is 16.6. The number of anilines is 1. The molecule has 5 nitrogen and oxygen atoms in total. The third-order valence-electron chi connectivity index (χ3n) is 1.73. The van der Waals surface area contributed by atoms with E-state index in [1.165, 1.54) is 16.7 Å². The minimum atomic E-state index is -0.987. The van der Waals surface area contributed by atoms with Crippen LogP contribution < -0.4 is 5.32 Å². The van der Waals surface area contributed by atoms with Gasteiger partial charge in [0.25, 0.3) is 0 Å². The molecular weight excluding hydrogens is 214 g/mol. The van der Waals surface area contributed by atoms with E-state index in [1.54, 1.807) is 0 Å². The highest BCUT2D eigenvalue weighted by Crippen LogP contribution is 2.16. The van der Waals surface area contributed by atoms with Crippen LogP contribution in [0.1, 0.15) is 17.4 Å². The number of nitrogens with zero attached hydrogens (tertiary/aromatic N) is 2. The van der Waals surface area contributed by atoms with Crippen LogP contribution in [0, 0.1) is 0 Å². The summed E-state index contributed by atoms with van der Waals surface area (Å²) in [6.07, 6.45) is 0. The second kappa shape index (κ2) is 5.09. The van der Waals surface area contributed by atoms with Gasteiger partial charge in [-0.25, -0.2) is 9.78 Å². The first kappa shape index (κ1) is 11.9. The Labute approximate surface area is 92.7 Å². The minimum absolute atomic E-state index is 0.0968. The van der Waals surface area contributed by atoms with E-state index in [4.69, 9.17) is 5.11 Å². The minimum Gasteiger partial charge on any atom is -0.476 e. The van der Waals surface area contributed by atoms with Gasteiger partial charge in [0.1, 0.15) is 0 Å². The summed E-state index contributed by atoms with van der Waals surface area (Å²) in [7, 11) is 3.98. The second-order valence-electron chi connectivity index (χ2n) is 3.65. The van der Waals surface area contributed by atoms with Gasteiger partial charge in [0, 0.05) is 18.0 Å². The Bertz CT molecular complexity index is 338. The maximum absolute atomic E-state index is 10.6. The first-order valence-corrected chi connectivity index (χ1v) is 5.47. The van der Waals surface area contributed by atoms with Gasteiger partial charge in [0.2, 0.25) is 0 Å². The zero-order chi connectivity index (χ0) is 11.4. The second-order valence-corrected chi connectivity index (χ2v) is 4.51. The van der Waals surface area contributed by atoms with E-state index in [0.717, 1.165) is 6.54 Å². The number of nitrogens with one attached hydrogen (secondary N) is 1. The fraction of sp³-hybridized carbons (Fsp3) is 0.556. The van der Waals surface area contributed by atoms with Gasteiger partial charge in [0.05, 0.1) is 0 Å². The molecule has 0 bridgehead atoms. The summed E-state index contributed by atoms with van der Waals surface area (Å²) >= 11 is 1.31. The molecule has 84 valence electrons. The number of thiazole rings is 1. The van der Waals surface area contributed by atoms with Crippen LogP contribution >= 0.6 is 11.3 Å². The number of rotatable bonds is 5. The van der Waals surface area contributed by atoms with Crippen molar-refractivity contribution < 1.29 is 9.90 Å². The molecule has 1 heterocycles. The molecule has 0 spiro atoms. The van der Waals surface area contributed by atoms with Crippen LogP contribution in [0.25, 0.3) is 0 Å². The molecular formula is C9H15N3O2S. The Morgan fingerprint density at radius 1 is 1.73 bits per heavy atom. The molecule has 6 heteroatoms. The Balaban J connectivity index is 2.53. The van der Waals surface area contributed by atoms with E-state index < -0.39 is 5.97 Å². The molecule has 0 radical (unpaired) electrons. The third-order valence-corrected chi connectivity index (χ3v) is 2.51. The molecule has 0 aliphatic carbocycles. The molecule has 2 N–H and O–H groups in total. The van der Waals surface area contributed by atoms with Gasteiger partial charge in [-0.3, -0.25) is 0 Å². The van der Waals surface area contributed by atoms with Crippen molar-refractivity contribution in [3.05, 3.63) is 11.1 Å². The number of hydrogen-bond donors (Lipinski definition) is 2. The molecule has 0 saturated heterocycles. The first-order chi connectivity index (χ1) is 6.99. The highest BCUT2D eigenvalue weighted by Gasteiger charge is 2.10. The van der Waals surface area contributed by atoms with Gasteiger partial charge in [-0.1, -0.05) is 0 Å². The van der Waals surface area contributed by atoms with E-state index in [1.807, 2.05) is 21.0 Å². The monoisotopic (exact) mass is 229 g/mol. The maximum atomic E-state index is 10.6. The summed E-state index contributed by atoms with van der Waals surface area (Å²) in [6, 6.07) is 0.243. The highest BCUT2D eigenvalue weighted by atomic mass is 32.1. The van der Waals surface area contributed by atoms with Crippen LogP contribution in [0.3, 0.4) is 0 Å². The van der Waals surface area contributed by atoms with Crippen molar-refractivity contribution >= 4 is 22.4 Å². The van der Waals surface area contributed by atoms with Crippen molar-refractivity contribution in [1.82, 2.24) is 9.88 Å². The number of carbonyl (C=O) groups is 1. The van der Waals surface area contributed by atoms with Crippen LogP contribution in [0.4, 0.5) is 5.13 Å². The normalized spacial score (nSPS) is 12.8. The van der Waals surface area contributed by atoms with E-state index in [-0.39, 0.29) is 11.7 Å². The lowest BCUT2D eigenvalue weighted by Gasteiger charge is -2.17. The Morgan fingerprint density at radius 2 is 2.40 bits per heavy atom. The van der Waals surface area contributed by atoms with E-state index in [9.17, 15) is 4.79 Å². The van der Waals surface area contributed by atoms with Crippen molar-refractivity contribution in [2.24, 2.45) is 0 Å². The number of likely N-dealkylation sites (N-methyl/N-ethyl adjacent to an activating group) is 1. The smallest absolute Gasteiger partial charge is 0.355 e. The molecule has 0 amide bonds. The van der Waals surface area contributed by atoms with Crippen molar-refractivity contribution in [2.45, 2.75) is 13.0 Å². The third kappa shape index (κ3) is 3.85. The van der Waals surface area contributed by atoms with Gasteiger partial charge in [-0.2, -0.15) is 0 Å². The number of aromatic carboxylic acids is 1. The van der Waals surface area contributed by atoms with E-state index >= 15 is 0 Å². The molecule has 1 aromatic heterocycles. The molecule has 0 aliphatic heterocycles. The molecule has 1 atom stereocenters. The van der Waals surface area contributed by atoms with Crippen molar-refractivity contribution in [1.29, 1.82) is 0 Å². The van der Waals surface area contributed by atoms with Crippen LogP contribution in [0.15, 0.2) is 5.38 Å².